The summed E-state index contributed by atoms with van der Waals surface area (Å²) in [5.41, 5.74) is 4.62. The standard InChI is InChI=1S/C28H32N2O5/c31-26(29-19-13-11-18(12-14-19)27(32)33)25(15-17-9-10-17)30-28(34)35-16-24-22-7-3-1-5-20(22)21-6-2-4-8-23(21)24/h1-8,17-19,24-25H,9-16H2,(H,29,31)(H,30,34)(H,32,33)/t18?,19?,25-/m0/s1. The Morgan fingerprint density at radius 1 is 0.886 bits per heavy atom. The molecule has 5 rings (SSSR count). The number of carboxylic acid groups (broad SMARTS) is 1. The number of fused-ring (bicyclic) bond motifs is 3. The lowest BCUT2D eigenvalue weighted by molar-refractivity contribution is -0.142. The number of hydrogen-bond donors (Lipinski definition) is 3. The van der Waals surface area contributed by atoms with Crippen molar-refractivity contribution in [2.45, 2.75) is 62.9 Å². The monoisotopic (exact) mass is 476 g/mol. The molecule has 0 saturated heterocycles. The molecule has 3 N–H and O–H groups in total. The predicted octanol–water partition coefficient (Wildman–Crippen LogP) is 4.45. The minimum Gasteiger partial charge on any atom is -0.481 e. The molecule has 35 heavy (non-hydrogen) atoms. The molecule has 7 heteroatoms. The molecule has 0 unspecified atom stereocenters. The Kier molecular flexibility index (Phi) is 6.75. The molecule has 2 aromatic rings. The van der Waals surface area contributed by atoms with Crippen molar-refractivity contribution in [3.05, 3.63) is 59.7 Å². The number of aliphatic carboxylic acids is 1. The summed E-state index contributed by atoms with van der Waals surface area (Å²) in [6.45, 7) is 0.205. The van der Waals surface area contributed by atoms with E-state index in [-0.39, 0.29) is 30.4 Å². The number of ether oxygens (including phenoxy) is 1. The molecule has 0 aromatic heterocycles. The minimum absolute atomic E-state index is 0.0340. The molecule has 3 aliphatic carbocycles. The number of carbonyl (C=O) groups excluding carboxylic acids is 2. The third-order valence-electron chi connectivity index (χ3n) is 7.64. The minimum atomic E-state index is -0.765. The Morgan fingerprint density at radius 2 is 1.49 bits per heavy atom. The van der Waals surface area contributed by atoms with Crippen molar-refractivity contribution in [3.63, 3.8) is 0 Å². The summed E-state index contributed by atoms with van der Waals surface area (Å²) in [5.74, 6) is -0.887. The molecule has 2 fully saturated rings. The third-order valence-corrected chi connectivity index (χ3v) is 7.64. The van der Waals surface area contributed by atoms with Gasteiger partial charge in [0.2, 0.25) is 5.91 Å². The van der Waals surface area contributed by atoms with E-state index < -0.39 is 18.1 Å². The highest BCUT2D eigenvalue weighted by atomic mass is 16.5. The number of hydrogen-bond acceptors (Lipinski definition) is 4. The van der Waals surface area contributed by atoms with Crippen molar-refractivity contribution in [2.24, 2.45) is 11.8 Å². The van der Waals surface area contributed by atoms with Gasteiger partial charge in [-0.1, -0.05) is 61.4 Å². The summed E-state index contributed by atoms with van der Waals surface area (Å²) < 4.78 is 5.66. The number of benzene rings is 2. The molecule has 0 heterocycles. The fraction of sp³-hybridized carbons (Fsp3) is 0.464. The van der Waals surface area contributed by atoms with Gasteiger partial charge in [0.25, 0.3) is 0 Å². The number of carboxylic acids is 1. The average Bonchev–Trinajstić information content (AvgIpc) is 3.63. The third kappa shape index (κ3) is 5.34. The lowest BCUT2D eigenvalue weighted by Crippen LogP contribution is -2.50. The fourth-order valence-corrected chi connectivity index (χ4v) is 5.49. The van der Waals surface area contributed by atoms with Gasteiger partial charge in [0.05, 0.1) is 5.92 Å². The van der Waals surface area contributed by atoms with Crippen molar-refractivity contribution in [1.29, 1.82) is 0 Å². The first kappa shape index (κ1) is 23.4. The summed E-state index contributed by atoms with van der Waals surface area (Å²) in [5, 5.41) is 15.0. The molecule has 1 atom stereocenters. The lowest BCUT2D eigenvalue weighted by Gasteiger charge is -2.28. The molecule has 7 nitrogen and oxygen atoms in total. The van der Waals surface area contributed by atoms with Crippen LogP contribution in [0.15, 0.2) is 48.5 Å². The van der Waals surface area contributed by atoms with Crippen LogP contribution in [-0.2, 0) is 14.3 Å². The summed E-state index contributed by atoms with van der Waals surface area (Å²) in [7, 11) is 0. The van der Waals surface area contributed by atoms with Crippen molar-refractivity contribution in [3.8, 4) is 11.1 Å². The van der Waals surface area contributed by atoms with E-state index in [1.165, 1.54) is 11.1 Å². The topological polar surface area (TPSA) is 105 Å². The zero-order valence-corrected chi connectivity index (χ0v) is 19.7. The van der Waals surface area contributed by atoms with E-state index in [9.17, 15) is 19.5 Å². The van der Waals surface area contributed by atoms with Gasteiger partial charge < -0.3 is 20.5 Å². The maximum absolute atomic E-state index is 13.0. The van der Waals surface area contributed by atoms with E-state index in [4.69, 9.17) is 4.74 Å². The van der Waals surface area contributed by atoms with E-state index >= 15 is 0 Å². The van der Waals surface area contributed by atoms with Crippen LogP contribution in [0.25, 0.3) is 11.1 Å². The molecular weight excluding hydrogens is 444 g/mol. The summed E-state index contributed by atoms with van der Waals surface area (Å²) in [4.78, 5) is 37.0. The van der Waals surface area contributed by atoms with Crippen molar-refractivity contribution in [2.75, 3.05) is 6.61 Å². The normalized spacial score (nSPS) is 21.9. The molecule has 184 valence electrons. The van der Waals surface area contributed by atoms with Crippen LogP contribution in [0, 0.1) is 11.8 Å². The Hall–Kier alpha value is -3.35. The molecule has 2 aromatic carbocycles. The highest BCUT2D eigenvalue weighted by Gasteiger charge is 2.34. The number of alkyl carbamates (subject to hydrolysis) is 1. The van der Waals surface area contributed by atoms with Crippen LogP contribution in [-0.4, -0.2) is 41.8 Å². The molecule has 0 bridgehead atoms. The zero-order valence-electron chi connectivity index (χ0n) is 19.7. The summed E-state index contributed by atoms with van der Waals surface area (Å²) >= 11 is 0. The number of nitrogens with one attached hydrogen (secondary N) is 2. The number of rotatable bonds is 8. The van der Waals surface area contributed by atoms with Crippen LogP contribution in [0.3, 0.4) is 0 Å². The maximum Gasteiger partial charge on any atom is 0.407 e. The fourth-order valence-electron chi connectivity index (χ4n) is 5.49. The van der Waals surface area contributed by atoms with Crippen molar-refractivity contribution in [1.82, 2.24) is 10.6 Å². The average molecular weight is 477 g/mol. The van der Waals surface area contributed by atoms with Gasteiger partial charge in [-0.2, -0.15) is 0 Å². The van der Waals surface area contributed by atoms with Gasteiger partial charge in [-0.15, -0.1) is 0 Å². The Bertz CT molecular complexity index is 1060. The van der Waals surface area contributed by atoms with Gasteiger partial charge in [-0.05, 0) is 60.3 Å². The van der Waals surface area contributed by atoms with E-state index in [1.807, 2.05) is 24.3 Å². The van der Waals surface area contributed by atoms with Gasteiger partial charge in [-0.25, -0.2) is 4.79 Å². The van der Waals surface area contributed by atoms with Crippen LogP contribution in [0.1, 0.15) is 62.0 Å². The van der Waals surface area contributed by atoms with E-state index in [1.54, 1.807) is 0 Å². The zero-order chi connectivity index (χ0) is 24.4. The number of amides is 2. The van der Waals surface area contributed by atoms with Gasteiger partial charge in [0, 0.05) is 12.0 Å². The highest BCUT2D eigenvalue weighted by molar-refractivity contribution is 5.86. The van der Waals surface area contributed by atoms with E-state index in [2.05, 4.69) is 34.9 Å². The van der Waals surface area contributed by atoms with E-state index in [0.717, 1.165) is 24.0 Å². The van der Waals surface area contributed by atoms with Gasteiger partial charge >= 0.3 is 12.1 Å². The first-order valence-electron chi connectivity index (χ1n) is 12.6. The predicted molar refractivity (Wildman–Crippen MR) is 131 cm³/mol. The van der Waals surface area contributed by atoms with Crippen molar-refractivity contribution >= 4 is 18.0 Å². The second-order valence-corrected chi connectivity index (χ2v) is 10.1. The molecule has 2 amide bonds. The number of carbonyl (C=O) groups is 3. The van der Waals surface area contributed by atoms with Gasteiger partial charge in [0.15, 0.2) is 0 Å². The van der Waals surface area contributed by atoms with Crippen molar-refractivity contribution < 1.29 is 24.2 Å². The maximum atomic E-state index is 13.0. The largest absolute Gasteiger partial charge is 0.481 e. The summed E-state index contributed by atoms with van der Waals surface area (Å²) in [6.07, 6.45) is 4.57. The quantitative estimate of drug-likeness (QED) is 0.522. The molecule has 2 saturated carbocycles. The van der Waals surface area contributed by atoms with Crippen LogP contribution >= 0.6 is 0 Å². The molecule has 0 spiro atoms. The highest BCUT2D eigenvalue weighted by Crippen LogP contribution is 2.44. The Balaban J connectivity index is 1.18. The van der Waals surface area contributed by atoms with Gasteiger partial charge in [-0.3, -0.25) is 9.59 Å². The Labute approximate surface area is 205 Å². The first-order chi connectivity index (χ1) is 17.0. The van der Waals surface area contributed by atoms with E-state index in [0.29, 0.717) is 38.0 Å². The summed E-state index contributed by atoms with van der Waals surface area (Å²) in [6, 6.07) is 15.7. The molecule has 3 aliphatic rings. The van der Waals surface area contributed by atoms with Gasteiger partial charge in [0.1, 0.15) is 12.6 Å². The SMILES string of the molecule is O=C(N[C@@H](CC1CC1)C(=O)NC1CCC(C(=O)O)CC1)OCC1c2ccccc2-c2ccccc21. The lowest BCUT2D eigenvalue weighted by atomic mass is 9.86. The molecule has 0 radical (unpaired) electrons. The Morgan fingerprint density at radius 3 is 2.06 bits per heavy atom. The van der Waals surface area contributed by atoms with Crippen LogP contribution < -0.4 is 10.6 Å². The van der Waals surface area contributed by atoms with Crippen LogP contribution in [0.2, 0.25) is 0 Å². The second kappa shape index (κ2) is 10.1. The second-order valence-electron chi connectivity index (χ2n) is 10.1. The first-order valence-corrected chi connectivity index (χ1v) is 12.6. The van der Waals surface area contributed by atoms with Crippen LogP contribution in [0.4, 0.5) is 4.79 Å². The molecule has 0 aliphatic heterocycles. The smallest absolute Gasteiger partial charge is 0.407 e. The van der Waals surface area contributed by atoms with Crippen LogP contribution in [0.5, 0.6) is 0 Å². The molecular formula is C28H32N2O5.